The third-order valence-electron chi connectivity index (χ3n) is 3.54. The van der Waals surface area contributed by atoms with Gasteiger partial charge in [-0.2, -0.15) is 5.10 Å². The molecule has 126 valence electrons. The van der Waals surface area contributed by atoms with Gasteiger partial charge < -0.3 is 0 Å². The van der Waals surface area contributed by atoms with Gasteiger partial charge in [0.15, 0.2) is 23.2 Å². The van der Waals surface area contributed by atoms with Gasteiger partial charge in [-0.15, -0.1) is 0 Å². The van der Waals surface area contributed by atoms with Crippen LogP contribution < -0.4 is 0 Å². The van der Waals surface area contributed by atoms with Crippen LogP contribution in [0.3, 0.4) is 0 Å². The van der Waals surface area contributed by atoms with Crippen molar-refractivity contribution in [2.45, 2.75) is 26.8 Å². The number of rotatable bonds is 6. The monoisotopic (exact) mass is 335 g/mol. The Hall–Kier alpha value is -2.70. The maximum atomic E-state index is 13.4. The molecular weight excluding hydrogens is 319 g/mol. The lowest BCUT2D eigenvalue weighted by Crippen LogP contribution is -2.11. The minimum atomic E-state index is -1.52. The molecule has 0 atom stereocenters. The van der Waals surface area contributed by atoms with E-state index in [2.05, 4.69) is 16.8 Å². The average Bonchev–Trinajstić information content (AvgIpc) is 2.93. The first-order valence-electron chi connectivity index (χ1n) is 7.24. The third kappa shape index (κ3) is 3.61. The third-order valence-corrected chi connectivity index (χ3v) is 3.54. The standard InChI is InChI=1S/C17H16F3N3O/c1-4-12(24)9-23-16(15(21-3)8-22-23)5-10(2)11-6-13(18)17(20)14(19)7-11/h5-8H,3-4,9H2,1-2H3/b10-5+. The number of nitrogens with zero attached hydrogens (tertiary/aromatic N) is 3. The van der Waals surface area contributed by atoms with Crippen molar-refractivity contribution in [1.29, 1.82) is 0 Å². The Bertz CT molecular complexity index is 801. The van der Waals surface area contributed by atoms with Gasteiger partial charge in [0, 0.05) is 6.42 Å². The van der Waals surface area contributed by atoms with Gasteiger partial charge >= 0.3 is 0 Å². The number of aromatic nitrogens is 2. The van der Waals surface area contributed by atoms with Gasteiger partial charge in [-0.1, -0.05) is 6.92 Å². The maximum absolute atomic E-state index is 13.4. The lowest BCUT2D eigenvalue weighted by molar-refractivity contribution is -0.119. The number of carbonyl (C=O) groups excluding carboxylic acids is 1. The molecule has 0 spiro atoms. The van der Waals surface area contributed by atoms with E-state index in [0.717, 1.165) is 12.1 Å². The summed E-state index contributed by atoms with van der Waals surface area (Å²) in [4.78, 5) is 15.5. The summed E-state index contributed by atoms with van der Waals surface area (Å²) in [5, 5.41) is 4.08. The molecule has 7 heteroatoms. The molecule has 0 radical (unpaired) electrons. The molecule has 0 aliphatic carbocycles. The van der Waals surface area contributed by atoms with Crippen LogP contribution in [0.15, 0.2) is 23.3 Å². The maximum Gasteiger partial charge on any atom is 0.194 e. The Labute approximate surface area is 137 Å². The van der Waals surface area contributed by atoms with Crippen LogP contribution in [-0.4, -0.2) is 22.3 Å². The second-order valence-corrected chi connectivity index (χ2v) is 5.20. The molecule has 0 amide bonds. The zero-order chi connectivity index (χ0) is 17.9. The van der Waals surface area contributed by atoms with Gasteiger partial charge in [0.1, 0.15) is 12.2 Å². The lowest BCUT2D eigenvalue weighted by atomic mass is 10.1. The van der Waals surface area contributed by atoms with Gasteiger partial charge in [-0.05, 0) is 43.0 Å². The van der Waals surface area contributed by atoms with Crippen LogP contribution in [0.25, 0.3) is 11.6 Å². The summed E-state index contributed by atoms with van der Waals surface area (Å²) in [6, 6.07) is 1.81. The van der Waals surface area contributed by atoms with E-state index >= 15 is 0 Å². The molecule has 24 heavy (non-hydrogen) atoms. The van der Waals surface area contributed by atoms with Crippen LogP contribution in [0.1, 0.15) is 31.5 Å². The molecule has 0 aliphatic heterocycles. The molecule has 0 N–H and O–H groups in total. The van der Waals surface area contributed by atoms with Gasteiger partial charge in [-0.3, -0.25) is 14.5 Å². The Morgan fingerprint density at radius 3 is 2.50 bits per heavy atom. The highest BCUT2D eigenvalue weighted by molar-refractivity contribution is 5.84. The van der Waals surface area contributed by atoms with Crippen LogP contribution in [0.4, 0.5) is 18.9 Å². The van der Waals surface area contributed by atoms with E-state index in [0.29, 0.717) is 23.4 Å². The highest BCUT2D eigenvalue weighted by Gasteiger charge is 2.14. The first-order valence-corrected chi connectivity index (χ1v) is 7.24. The fraction of sp³-hybridized carbons (Fsp3) is 0.235. The summed E-state index contributed by atoms with van der Waals surface area (Å²) >= 11 is 0. The number of allylic oxidation sites excluding steroid dienone is 1. The van der Waals surface area contributed by atoms with Crippen LogP contribution in [0, 0.1) is 17.5 Å². The summed E-state index contributed by atoms with van der Waals surface area (Å²) in [5.41, 5.74) is 1.55. The van der Waals surface area contributed by atoms with Crippen molar-refractivity contribution in [3.63, 3.8) is 0 Å². The molecule has 0 aliphatic rings. The normalized spacial score (nSPS) is 11.6. The fourth-order valence-corrected chi connectivity index (χ4v) is 2.13. The zero-order valence-corrected chi connectivity index (χ0v) is 13.3. The summed E-state index contributed by atoms with van der Waals surface area (Å²) in [6.45, 7) is 6.84. The van der Waals surface area contributed by atoms with Crippen molar-refractivity contribution in [2.24, 2.45) is 4.99 Å². The van der Waals surface area contributed by atoms with Gasteiger partial charge in [0.05, 0.1) is 11.9 Å². The van der Waals surface area contributed by atoms with Crippen molar-refractivity contribution >= 4 is 29.8 Å². The van der Waals surface area contributed by atoms with E-state index in [1.807, 2.05) is 0 Å². The first kappa shape index (κ1) is 17.7. The van der Waals surface area contributed by atoms with E-state index in [9.17, 15) is 18.0 Å². The molecule has 2 rings (SSSR count). The Balaban J connectivity index is 2.48. The summed E-state index contributed by atoms with van der Waals surface area (Å²) in [5.74, 6) is -4.08. The summed E-state index contributed by atoms with van der Waals surface area (Å²) < 4.78 is 41.3. The molecule has 1 aromatic carbocycles. The van der Waals surface area contributed by atoms with Crippen molar-refractivity contribution in [2.75, 3.05) is 0 Å². The molecule has 4 nitrogen and oxygen atoms in total. The fourth-order valence-electron chi connectivity index (χ4n) is 2.13. The number of Topliss-reactive ketones (excluding diaryl/α,β-unsaturated/α-hetero) is 1. The van der Waals surface area contributed by atoms with Crippen LogP contribution >= 0.6 is 0 Å². The second-order valence-electron chi connectivity index (χ2n) is 5.20. The molecule has 2 aromatic rings. The number of hydrogen-bond donors (Lipinski definition) is 0. The molecule has 0 unspecified atom stereocenters. The molecule has 0 bridgehead atoms. The van der Waals surface area contributed by atoms with Crippen molar-refractivity contribution in [3.8, 4) is 0 Å². The summed E-state index contributed by atoms with van der Waals surface area (Å²) in [7, 11) is 0. The Morgan fingerprint density at radius 1 is 1.33 bits per heavy atom. The van der Waals surface area contributed by atoms with Crippen molar-refractivity contribution < 1.29 is 18.0 Å². The number of aliphatic imine (C=N–C) groups is 1. The van der Waals surface area contributed by atoms with E-state index in [-0.39, 0.29) is 17.9 Å². The van der Waals surface area contributed by atoms with Crippen LogP contribution in [-0.2, 0) is 11.3 Å². The van der Waals surface area contributed by atoms with Crippen molar-refractivity contribution in [1.82, 2.24) is 9.78 Å². The lowest BCUT2D eigenvalue weighted by Gasteiger charge is -2.07. The largest absolute Gasteiger partial charge is 0.298 e. The number of hydrogen-bond acceptors (Lipinski definition) is 3. The Kier molecular flexibility index (Phi) is 5.33. The minimum absolute atomic E-state index is 0.0279. The molecule has 0 saturated carbocycles. The van der Waals surface area contributed by atoms with Gasteiger partial charge in [0.25, 0.3) is 0 Å². The predicted molar refractivity (Wildman–Crippen MR) is 86.6 cm³/mol. The molecular formula is C17H16F3N3O. The van der Waals surface area contributed by atoms with E-state index in [1.165, 1.54) is 10.9 Å². The van der Waals surface area contributed by atoms with Gasteiger partial charge in [0.2, 0.25) is 0 Å². The number of benzene rings is 1. The van der Waals surface area contributed by atoms with E-state index < -0.39 is 17.5 Å². The van der Waals surface area contributed by atoms with Gasteiger partial charge in [-0.25, -0.2) is 13.2 Å². The van der Waals surface area contributed by atoms with Crippen molar-refractivity contribution in [3.05, 3.63) is 47.0 Å². The molecule has 1 aromatic heterocycles. The quantitative estimate of drug-likeness (QED) is 0.587. The molecule has 0 fully saturated rings. The van der Waals surface area contributed by atoms with Crippen LogP contribution in [0.2, 0.25) is 0 Å². The smallest absolute Gasteiger partial charge is 0.194 e. The van der Waals surface area contributed by atoms with E-state index in [1.54, 1.807) is 19.9 Å². The topological polar surface area (TPSA) is 47.2 Å². The second kappa shape index (κ2) is 7.25. The highest BCUT2D eigenvalue weighted by atomic mass is 19.2. The SMILES string of the molecule is C=Nc1cnn(CC(=O)CC)c1/C=C(\C)c1cc(F)c(F)c(F)c1. The zero-order valence-electron chi connectivity index (χ0n) is 13.3. The minimum Gasteiger partial charge on any atom is -0.298 e. The predicted octanol–water partition coefficient (Wildman–Crippen LogP) is 4.17. The average molecular weight is 335 g/mol. The van der Waals surface area contributed by atoms with E-state index in [4.69, 9.17) is 0 Å². The Morgan fingerprint density at radius 2 is 1.96 bits per heavy atom. The molecule has 1 heterocycles. The van der Waals surface area contributed by atoms with Crippen LogP contribution in [0.5, 0.6) is 0 Å². The number of carbonyl (C=O) groups is 1. The number of ketones is 1. The molecule has 0 saturated heterocycles. The highest BCUT2D eigenvalue weighted by Crippen LogP contribution is 2.26. The first-order chi connectivity index (χ1) is 11.4. The summed E-state index contributed by atoms with van der Waals surface area (Å²) in [6.07, 6.45) is 3.38. The number of halogens is 3.